The average Bonchev–Trinajstić information content (AvgIpc) is 3.72. The molecule has 2 aromatic heterocycles. The first-order chi connectivity index (χ1) is 23.1. The Kier molecular flexibility index (Phi) is 5.34. The minimum atomic E-state index is -0.0642. The first-order valence-electron chi connectivity index (χ1n) is 16.3. The van der Waals surface area contributed by atoms with Gasteiger partial charge in [-0.15, -0.1) is 0 Å². The van der Waals surface area contributed by atoms with Crippen molar-refractivity contribution in [1.29, 1.82) is 0 Å². The predicted octanol–water partition coefficient (Wildman–Crippen LogP) is 11.2. The zero-order valence-electron chi connectivity index (χ0n) is 26.3. The van der Waals surface area contributed by atoms with Gasteiger partial charge in [-0.25, -0.2) is 4.98 Å². The van der Waals surface area contributed by atoms with E-state index in [9.17, 15) is 0 Å². The molecular weight excluding hydrogens is 571 g/mol. The molecule has 47 heavy (non-hydrogen) atoms. The van der Waals surface area contributed by atoms with Crippen LogP contribution < -0.4 is 0 Å². The van der Waals surface area contributed by atoms with E-state index in [0.717, 1.165) is 28.1 Å². The lowest BCUT2D eigenvalue weighted by Gasteiger charge is -2.22. The lowest BCUT2D eigenvalue weighted by Crippen LogP contribution is -2.15. The van der Waals surface area contributed by atoms with Crippen LogP contribution in [0.15, 0.2) is 152 Å². The fraction of sp³-hybridized carbons (Fsp3) is 0.0682. The number of hydrogen-bond acceptors (Lipinski definition) is 1. The summed E-state index contributed by atoms with van der Waals surface area (Å²) in [5.41, 5.74) is 13.3. The molecule has 2 heterocycles. The smallest absolute Gasteiger partial charge is 0.145 e. The number of para-hydroxylation sites is 2. The van der Waals surface area contributed by atoms with E-state index in [1.807, 2.05) is 0 Å². The van der Waals surface area contributed by atoms with Gasteiger partial charge in [-0.1, -0.05) is 111 Å². The van der Waals surface area contributed by atoms with Gasteiger partial charge in [0.05, 0.1) is 22.1 Å². The van der Waals surface area contributed by atoms with Gasteiger partial charge < -0.3 is 4.57 Å². The first kappa shape index (κ1) is 26.3. The summed E-state index contributed by atoms with van der Waals surface area (Å²) in [5, 5.41) is 4.89. The van der Waals surface area contributed by atoms with Crippen LogP contribution in [0.1, 0.15) is 25.0 Å². The number of benzene rings is 7. The summed E-state index contributed by atoms with van der Waals surface area (Å²) in [5.74, 6) is 0.948. The van der Waals surface area contributed by atoms with E-state index in [-0.39, 0.29) is 5.41 Å². The first-order valence-corrected chi connectivity index (χ1v) is 16.3. The summed E-state index contributed by atoms with van der Waals surface area (Å²) in [6.07, 6.45) is 0. The molecule has 0 aliphatic heterocycles. The number of fused-ring (bicyclic) bond motifs is 8. The number of hydrogen-bond donors (Lipinski definition) is 0. The molecule has 0 amide bonds. The van der Waals surface area contributed by atoms with Crippen molar-refractivity contribution < 1.29 is 0 Å². The van der Waals surface area contributed by atoms with Gasteiger partial charge in [0.1, 0.15) is 5.82 Å². The van der Waals surface area contributed by atoms with Gasteiger partial charge in [-0.2, -0.15) is 0 Å². The highest BCUT2D eigenvalue weighted by Crippen LogP contribution is 2.49. The lowest BCUT2D eigenvalue weighted by molar-refractivity contribution is 0.660. The largest absolute Gasteiger partial charge is 0.309 e. The number of aromatic nitrogens is 3. The van der Waals surface area contributed by atoms with Crippen LogP contribution in [0, 0.1) is 0 Å². The van der Waals surface area contributed by atoms with Crippen molar-refractivity contribution in [2.24, 2.45) is 0 Å². The maximum Gasteiger partial charge on any atom is 0.145 e. The molecule has 1 aliphatic rings. The Bertz CT molecular complexity index is 2690. The van der Waals surface area contributed by atoms with Gasteiger partial charge in [0, 0.05) is 33.1 Å². The van der Waals surface area contributed by atoms with E-state index in [1.54, 1.807) is 0 Å². The molecule has 0 bridgehead atoms. The fourth-order valence-electron chi connectivity index (χ4n) is 8.02. The molecular formula is C44H31N3. The maximum absolute atomic E-state index is 5.23. The third kappa shape index (κ3) is 3.71. The van der Waals surface area contributed by atoms with Crippen molar-refractivity contribution in [2.45, 2.75) is 19.3 Å². The summed E-state index contributed by atoms with van der Waals surface area (Å²) in [7, 11) is 0. The quantitative estimate of drug-likeness (QED) is 0.198. The topological polar surface area (TPSA) is 22.8 Å². The van der Waals surface area contributed by atoms with Crippen molar-refractivity contribution >= 4 is 43.6 Å². The number of imidazole rings is 1. The van der Waals surface area contributed by atoms with Gasteiger partial charge >= 0.3 is 0 Å². The molecule has 0 unspecified atom stereocenters. The Morgan fingerprint density at radius 2 is 1.15 bits per heavy atom. The van der Waals surface area contributed by atoms with E-state index in [1.165, 1.54) is 60.5 Å². The molecule has 222 valence electrons. The molecule has 10 rings (SSSR count). The third-order valence-corrected chi connectivity index (χ3v) is 10.3. The lowest BCUT2D eigenvalue weighted by atomic mass is 9.82. The average molecular weight is 602 g/mol. The molecule has 0 N–H and O–H groups in total. The third-order valence-electron chi connectivity index (χ3n) is 10.3. The second kappa shape index (κ2) is 9.54. The highest BCUT2D eigenvalue weighted by Gasteiger charge is 2.35. The van der Waals surface area contributed by atoms with Crippen LogP contribution in [0.3, 0.4) is 0 Å². The Morgan fingerprint density at radius 3 is 2.00 bits per heavy atom. The van der Waals surface area contributed by atoms with Crippen molar-refractivity contribution in [2.75, 3.05) is 0 Å². The fourth-order valence-corrected chi connectivity index (χ4v) is 8.02. The predicted molar refractivity (Wildman–Crippen MR) is 196 cm³/mol. The SMILES string of the molecule is CC1(C)c2ccccc2-c2ccc(-n3c4ccccc4c4cc5cc6nc(-c7ccccc7)n(-c7ccccc7)c6cc5cc43)cc21. The molecule has 7 aromatic carbocycles. The second-order valence-corrected chi connectivity index (χ2v) is 13.3. The molecule has 1 aliphatic carbocycles. The Labute approximate surface area is 273 Å². The molecule has 0 fully saturated rings. The molecule has 0 radical (unpaired) electrons. The molecule has 0 atom stereocenters. The van der Waals surface area contributed by atoms with Crippen molar-refractivity contribution in [1.82, 2.24) is 14.1 Å². The summed E-state index contributed by atoms with van der Waals surface area (Å²) in [4.78, 5) is 5.23. The van der Waals surface area contributed by atoms with Crippen LogP contribution >= 0.6 is 0 Å². The minimum Gasteiger partial charge on any atom is -0.309 e. The zero-order valence-corrected chi connectivity index (χ0v) is 26.3. The molecule has 0 spiro atoms. The van der Waals surface area contributed by atoms with Crippen LogP contribution in [-0.2, 0) is 5.41 Å². The van der Waals surface area contributed by atoms with Crippen LogP contribution in [0.4, 0.5) is 0 Å². The Morgan fingerprint density at radius 1 is 0.468 bits per heavy atom. The number of rotatable bonds is 3. The van der Waals surface area contributed by atoms with Gasteiger partial charge in [0.15, 0.2) is 0 Å². The van der Waals surface area contributed by atoms with Crippen LogP contribution in [0.5, 0.6) is 0 Å². The van der Waals surface area contributed by atoms with E-state index in [2.05, 4.69) is 175 Å². The normalized spacial score (nSPS) is 13.5. The highest BCUT2D eigenvalue weighted by molar-refractivity contribution is 6.15. The van der Waals surface area contributed by atoms with E-state index in [4.69, 9.17) is 4.98 Å². The van der Waals surface area contributed by atoms with E-state index >= 15 is 0 Å². The van der Waals surface area contributed by atoms with Crippen molar-refractivity contribution in [3.05, 3.63) is 163 Å². The summed E-state index contributed by atoms with van der Waals surface area (Å²) >= 11 is 0. The van der Waals surface area contributed by atoms with E-state index in [0.29, 0.717) is 0 Å². The van der Waals surface area contributed by atoms with Crippen LogP contribution in [-0.4, -0.2) is 14.1 Å². The van der Waals surface area contributed by atoms with Gasteiger partial charge in [-0.3, -0.25) is 4.57 Å². The molecule has 0 saturated heterocycles. The van der Waals surface area contributed by atoms with Crippen molar-refractivity contribution in [3.63, 3.8) is 0 Å². The number of nitrogens with zero attached hydrogens (tertiary/aromatic N) is 3. The molecule has 3 nitrogen and oxygen atoms in total. The zero-order chi connectivity index (χ0) is 31.3. The second-order valence-electron chi connectivity index (χ2n) is 13.3. The Hall–Kier alpha value is -5.93. The monoisotopic (exact) mass is 601 g/mol. The summed E-state index contributed by atoms with van der Waals surface area (Å²) in [6, 6.07) is 55.1. The summed E-state index contributed by atoms with van der Waals surface area (Å²) < 4.78 is 4.75. The maximum atomic E-state index is 5.23. The molecule has 0 saturated carbocycles. The van der Waals surface area contributed by atoms with Crippen LogP contribution in [0.2, 0.25) is 0 Å². The van der Waals surface area contributed by atoms with E-state index < -0.39 is 0 Å². The minimum absolute atomic E-state index is 0.0642. The standard InChI is InChI=1S/C44H31N3/c1-44(2)37-19-11-9-17-33(37)34-22-21-32(27-38(34)44)46-40-20-12-10-18-35(40)36-23-29-24-39-42(26-30(29)25-41(36)46)47(31-15-7-4-8-16-31)43(45-39)28-13-5-3-6-14-28/h3-27H,1-2H3. The highest BCUT2D eigenvalue weighted by atomic mass is 15.1. The molecule has 3 heteroatoms. The summed E-state index contributed by atoms with van der Waals surface area (Å²) in [6.45, 7) is 4.71. The van der Waals surface area contributed by atoms with Gasteiger partial charge in [0.25, 0.3) is 0 Å². The van der Waals surface area contributed by atoms with Gasteiger partial charge in [0.2, 0.25) is 0 Å². The van der Waals surface area contributed by atoms with Crippen molar-refractivity contribution in [3.8, 4) is 33.9 Å². The van der Waals surface area contributed by atoms with Crippen LogP contribution in [0.25, 0.3) is 77.5 Å². The molecule has 9 aromatic rings. The Balaban J connectivity index is 1.25. The van der Waals surface area contributed by atoms with Gasteiger partial charge in [-0.05, 0) is 87.6 Å².